The van der Waals surface area contributed by atoms with Gasteiger partial charge in [0.2, 0.25) is 0 Å². The minimum atomic E-state index is -0.437. The second-order valence-corrected chi connectivity index (χ2v) is 6.23. The highest BCUT2D eigenvalue weighted by Crippen LogP contribution is 2.38. The summed E-state index contributed by atoms with van der Waals surface area (Å²) in [6, 6.07) is 15.1. The molecule has 1 aliphatic heterocycles. The fourth-order valence-electron chi connectivity index (χ4n) is 3.19. The zero-order chi connectivity index (χ0) is 17.6. The molecule has 0 amide bonds. The van der Waals surface area contributed by atoms with Gasteiger partial charge >= 0.3 is 5.97 Å². The monoisotopic (exact) mass is 335 g/mol. The molecule has 0 unspecified atom stereocenters. The zero-order valence-corrected chi connectivity index (χ0v) is 14.0. The number of ether oxygens (including phenoxy) is 1. The Labute approximate surface area is 144 Å². The van der Waals surface area contributed by atoms with Crippen LogP contribution in [-0.4, -0.2) is 10.5 Å². The number of furan rings is 1. The van der Waals surface area contributed by atoms with Crippen LogP contribution >= 0.6 is 0 Å². The van der Waals surface area contributed by atoms with E-state index in [9.17, 15) is 9.59 Å². The number of pyridine rings is 1. The third-order valence-electron chi connectivity index (χ3n) is 4.64. The molecule has 0 bridgehead atoms. The molecule has 3 aromatic rings. The van der Waals surface area contributed by atoms with Gasteiger partial charge in [-0.15, -0.1) is 0 Å². The second kappa shape index (κ2) is 5.77. The van der Waals surface area contributed by atoms with Crippen LogP contribution in [0.5, 0.6) is 5.75 Å². The first kappa shape index (κ1) is 15.4. The van der Waals surface area contributed by atoms with Gasteiger partial charge in [0.15, 0.2) is 0 Å². The van der Waals surface area contributed by atoms with E-state index in [-0.39, 0.29) is 17.9 Å². The normalized spacial score (nSPS) is 16.4. The highest BCUT2D eigenvalue weighted by molar-refractivity contribution is 5.77. The van der Waals surface area contributed by atoms with Crippen molar-refractivity contribution in [2.75, 3.05) is 0 Å². The highest BCUT2D eigenvalue weighted by atomic mass is 16.5. The average Bonchev–Trinajstić information content (AvgIpc) is 3.10. The van der Waals surface area contributed by atoms with Crippen molar-refractivity contribution in [3.05, 3.63) is 75.9 Å². The van der Waals surface area contributed by atoms with E-state index in [0.717, 1.165) is 11.3 Å². The lowest BCUT2D eigenvalue weighted by Gasteiger charge is -2.23. The van der Waals surface area contributed by atoms with Crippen molar-refractivity contribution < 1.29 is 13.9 Å². The molecule has 0 saturated heterocycles. The van der Waals surface area contributed by atoms with E-state index in [4.69, 9.17) is 9.15 Å². The molecular weight excluding hydrogens is 318 g/mol. The average molecular weight is 335 g/mol. The molecular formula is C20H17NO4. The Hall–Kier alpha value is -3.08. The number of hydrogen-bond donors (Lipinski definition) is 0. The number of aromatic nitrogens is 1. The Balaban J connectivity index is 1.83. The van der Waals surface area contributed by atoms with E-state index in [1.54, 1.807) is 24.6 Å². The summed E-state index contributed by atoms with van der Waals surface area (Å²) in [5.41, 5.74) is 2.00. The van der Waals surface area contributed by atoms with Gasteiger partial charge in [0, 0.05) is 24.4 Å². The number of rotatable bonds is 2. The van der Waals surface area contributed by atoms with Gasteiger partial charge in [0.25, 0.3) is 5.56 Å². The maximum absolute atomic E-state index is 12.7. The van der Waals surface area contributed by atoms with Crippen LogP contribution in [0.1, 0.15) is 29.4 Å². The Morgan fingerprint density at radius 3 is 2.60 bits per heavy atom. The second-order valence-electron chi connectivity index (χ2n) is 6.23. The molecule has 1 aliphatic rings. The number of nitrogens with zero attached hydrogens (tertiary/aromatic N) is 1. The number of esters is 1. The lowest BCUT2D eigenvalue weighted by Crippen LogP contribution is -2.31. The van der Waals surface area contributed by atoms with E-state index >= 15 is 0 Å². The van der Waals surface area contributed by atoms with Crippen LogP contribution in [0, 0.1) is 6.92 Å². The largest absolute Gasteiger partial charge is 0.460 e. The SMILES string of the molecule is Cc1cc2c(c(=O)n1C)[C@H](c1ccc(-c3ccccc3)o1)CC(=O)O2. The van der Waals surface area contributed by atoms with Crippen molar-refractivity contribution in [2.45, 2.75) is 19.3 Å². The summed E-state index contributed by atoms with van der Waals surface area (Å²) >= 11 is 0. The molecule has 1 aromatic carbocycles. The van der Waals surface area contributed by atoms with E-state index in [1.165, 1.54) is 0 Å². The van der Waals surface area contributed by atoms with Gasteiger partial charge in [-0.3, -0.25) is 9.59 Å². The quantitative estimate of drug-likeness (QED) is 0.674. The number of aryl methyl sites for hydroxylation is 1. The van der Waals surface area contributed by atoms with Crippen molar-refractivity contribution in [1.82, 2.24) is 4.57 Å². The number of fused-ring (bicyclic) bond motifs is 1. The predicted octanol–water partition coefficient (Wildman–Crippen LogP) is 3.39. The fourth-order valence-corrected chi connectivity index (χ4v) is 3.19. The first-order chi connectivity index (χ1) is 12.0. The summed E-state index contributed by atoms with van der Waals surface area (Å²) in [7, 11) is 1.71. The third kappa shape index (κ3) is 2.58. The summed E-state index contributed by atoms with van der Waals surface area (Å²) in [5.74, 6) is 0.841. The standard InChI is InChI=1S/C20H17NO4/c1-12-10-17-19(20(23)21(12)2)14(11-18(22)25-17)16-9-8-15(24-16)13-6-4-3-5-7-13/h3-10,14H,11H2,1-2H3/t14-/m0/s1. The fraction of sp³-hybridized carbons (Fsp3) is 0.200. The Morgan fingerprint density at radius 1 is 1.08 bits per heavy atom. The minimum absolute atomic E-state index is 0.0903. The Bertz CT molecular complexity index is 1010. The molecule has 0 aliphatic carbocycles. The van der Waals surface area contributed by atoms with Gasteiger partial charge in [-0.1, -0.05) is 30.3 Å². The summed E-state index contributed by atoms with van der Waals surface area (Å²) in [4.78, 5) is 24.8. The maximum Gasteiger partial charge on any atom is 0.312 e. The van der Waals surface area contributed by atoms with Crippen LogP contribution in [0.2, 0.25) is 0 Å². The van der Waals surface area contributed by atoms with E-state index < -0.39 is 5.92 Å². The summed E-state index contributed by atoms with van der Waals surface area (Å²) in [6.45, 7) is 1.81. The summed E-state index contributed by atoms with van der Waals surface area (Å²) < 4.78 is 12.8. The van der Waals surface area contributed by atoms with Crippen molar-refractivity contribution in [1.29, 1.82) is 0 Å². The topological polar surface area (TPSA) is 61.4 Å². The van der Waals surface area contributed by atoms with E-state index in [2.05, 4.69) is 0 Å². The van der Waals surface area contributed by atoms with Crippen LogP contribution < -0.4 is 10.3 Å². The van der Waals surface area contributed by atoms with Crippen LogP contribution in [0.25, 0.3) is 11.3 Å². The molecule has 0 N–H and O–H groups in total. The van der Waals surface area contributed by atoms with Crippen molar-refractivity contribution in [3.8, 4) is 17.1 Å². The predicted molar refractivity (Wildman–Crippen MR) is 92.7 cm³/mol. The van der Waals surface area contributed by atoms with Crippen molar-refractivity contribution in [2.24, 2.45) is 7.05 Å². The molecule has 0 spiro atoms. The number of hydrogen-bond acceptors (Lipinski definition) is 4. The highest BCUT2D eigenvalue weighted by Gasteiger charge is 2.34. The van der Waals surface area contributed by atoms with Gasteiger partial charge < -0.3 is 13.7 Å². The van der Waals surface area contributed by atoms with Gasteiger partial charge in [-0.2, -0.15) is 0 Å². The van der Waals surface area contributed by atoms with Gasteiger partial charge in [-0.05, 0) is 19.1 Å². The molecule has 3 heterocycles. The lowest BCUT2D eigenvalue weighted by atomic mass is 9.91. The van der Waals surface area contributed by atoms with Gasteiger partial charge in [0.05, 0.1) is 17.9 Å². The van der Waals surface area contributed by atoms with Crippen molar-refractivity contribution in [3.63, 3.8) is 0 Å². The van der Waals surface area contributed by atoms with E-state index in [1.807, 2.05) is 42.5 Å². The zero-order valence-electron chi connectivity index (χ0n) is 14.0. The molecule has 126 valence electrons. The van der Waals surface area contributed by atoms with Crippen LogP contribution in [-0.2, 0) is 11.8 Å². The lowest BCUT2D eigenvalue weighted by molar-refractivity contribution is -0.135. The molecule has 25 heavy (non-hydrogen) atoms. The van der Waals surface area contributed by atoms with Crippen LogP contribution in [0.3, 0.4) is 0 Å². The third-order valence-corrected chi connectivity index (χ3v) is 4.64. The first-order valence-corrected chi connectivity index (χ1v) is 8.11. The molecule has 5 nitrogen and oxygen atoms in total. The first-order valence-electron chi connectivity index (χ1n) is 8.11. The Kier molecular flexibility index (Phi) is 3.57. The Morgan fingerprint density at radius 2 is 1.84 bits per heavy atom. The smallest absolute Gasteiger partial charge is 0.312 e. The maximum atomic E-state index is 12.7. The molecule has 2 aromatic heterocycles. The number of benzene rings is 1. The molecule has 1 atom stereocenters. The number of carbonyl (C=O) groups is 1. The van der Waals surface area contributed by atoms with Gasteiger partial charge in [0.1, 0.15) is 17.3 Å². The minimum Gasteiger partial charge on any atom is -0.460 e. The molecule has 0 radical (unpaired) electrons. The number of carbonyl (C=O) groups excluding carboxylic acids is 1. The molecule has 0 saturated carbocycles. The molecule has 4 rings (SSSR count). The van der Waals surface area contributed by atoms with E-state index in [0.29, 0.717) is 22.8 Å². The van der Waals surface area contributed by atoms with Crippen LogP contribution in [0.4, 0.5) is 0 Å². The molecule has 0 fully saturated rings. The van der Waals surface area contributed by atoms with Crippen molar-refractivity contribution >= 4 is 5.97 Å². The summed E-state index contributed by atoms with van der Waals surface area (Å²) in [6.07, 6.45) is 0.0903. The van der Waals surface area contributed by atoms with Gasteiger partial charge in [-0.25, -0.2) is 0 Å². The molecule has 5 heteroatoms. The van der Waals surface area contributed by atoms with Crippen LogP contribution in [0.15, 0.2) is 57.7 Å². The summed E-state index contributed by atoms with van der Waals surface area (Å²) in [5, 5.41) is 0.